The van der Waals surface area contributed by atoms with Gasteiger partial charge in [-0.15, -0.1) is 0 Å². The van der Waals surface area contributed by atoms with Crippen molar-refractivity contribution in [1.29, 1.82) is 0 Å². The van der Waals surface area contributed by atoms with Crippen molar-refractivity contribution in [1.82, 2.24) is 15.1 Å². The minimum absolute atomic E-state index is 0.0312. The average molecular weight is 279 g/mol. The second-order valence-corrected chi connectivity index (χ2v) is 4.92. The van der Waals surface area contributed by atoms with Crippen molar-refractivity contribution < 1.29 is 18.3 Å². The summed E-state index contributed by atoms with van der Waals surface area (Å²) < 4.78 is 38.3. The summed E-state index contributed by atoms with van der Waals surface area (Å²) in [6.07, 6.45) is -0.197. The van der Waals surface area contributed by atoms with Crippen LogP contribution in [0.25, 0.3) is 0 Å². The molecule has 19 heavy (non-hydrogen) atoms. The number of rotatable bonds is 7. The number of aliphatic hydroxyl groups excluding tert-OH is 1. The Hall–Kier alpha value is -1.08. The van der Waals surface area contributed by atoms with Crippen LogP contribution in [0.1, 0.15) is 31.7 Å². The molecule has 0 aromatic carbocycles. The van der Waals surface area contributed by atoms with Crippen LogP contribution < -0.4 is 5.32 Å². The molecule has 0 aliphatic carbocycles. The van der Waals surface area contributed by atoms with Crippen LogP contribution in [0.2, 0.25) is 0 Å². The largest absolute Gasteiger partial charge is 0.419 e. The van der Waals surface area contributed by atoms with Gasteiger partial charge in [0.05, 0.1) is 18.4 Å². The molecule has 0 saturated heterocycles. The van der Waals surface area contributed by atoms with Crippen LogP contribution in [0.4, 0.5) is 13.2 Å². The highest BCUT2D eigenvalue weighted by molar-refractivity contribution is 5.08. The molecule has 0 fully saturated rings. The number of nitrogens with zero attached hydrogens (tertiary/aromatic N) is 2. The van der Waals surface area contributed by atoms with Gasteiger partial charge in [-0.3, -0.25) is 4.68 Å². The minimum Gasteiger partial charge on any atom is -0.394 e. The first-order valence-electron chi connectivity index (χ1n) is 6.20. The predicted molar refractivity (Wildman–Crippen MR) is 65.6 cm³/mol. The number of nitrogens with one attached hydrogen (secondary N) is 1. The Labute approximate surface area is 110 Å². The fourth-order valence-electron chi connectivity index (χ4n) is 1.70. The number of hydrogen-bond donors (Lipinski definition) is 2. The van der Waals surface area contributed by atoms with E-state index in [-0.39, 0.29) is 12.1 Å². The van der Waals surface area contributed by atoms with Gasteiger partial charge in [0.1, 0.15) is 0 Å². The van der Waals surface area contributed by atoms with Crippen molar-refractivity contribution in [2.75, 3.05) is 13.7 Å². The van der Waals surface area contributed by atoms with Gasteiger partial charge in [0.15, 0.2) is 0 Å². The van der Waals surface area contributed by atoms with Crippen molar-refractivity contribution in [3.63, 3.8) is 0 Å². The number of hydrogen-bond acceptors (Lipinski definition) is 3. The highest BCUT2D eigenvalue weighted by Crippen LogP contribution is 2.28. The maximum atomic E-state index is 12.3. The number of unbranched alkanes of at least 4 members (excludes halogenated alkanes) is 1. The molecule has 0 bridgehead atoms. The summed E-state index contributed by atoms with van der Waals surface area (Å²) in [4.78, 5) is 0. The first-order chi connectivity index (χ1) is 8.80. The standard InChI is InChI=1S/C12H20F3N3O/c1-11(9-19,16-2)5-3-4-6-18-8-10(7-17-18)12(13,14)15/h7-8,16,19H,3-6,9H2,1-2H3. The number of aryl methyl sites for hydroxylation is 1. The molecule has 0 radical (unpaired) electrons. The van der Waals surface area contributed by atoms with E-state index in [9.17, 15) is 18.3 Å². The Morgan fingerprint density at radius 3 is 2.53 bits per heavy atom. The fourth-order valence-corrected chi connectivity index (χ4v) is 1.70. The zero-order chi connectivity index (χ0) is 14.5. The van der Waals surface area contributed by atoms with Gasteiger partial charge in [0, 0.05) is 18.3 Å². The third-order valence-corrected chi connectivity index (χ3v) is 3.28. The third-order valence-electron chi connectivity index (χ3n) is 3.28. The molecule has 110 valence electrons. The van der Waals surface area contributed by atoms with Crippen LogP contribution >= 0.6 is 0 Å². The molecular formula is C12H20F3N3O. The Bertz CT molecular complexity index is 386. The molecule has 0 amide bonds. The van der Waals surface area contributed by atoms with E-state index in [1.807, 2.05) is 6.92 Å². The number of likely N-dealkylation sites (N-methyl/N-ethyl adjacent to an activating group) is 1. The van der Waals surface area contributed by atoms with Crippen molar-refractivity contribution >= 4 is 0 Å². The molecule has 2 N–H and O–H groups in total. The van der Waals surface area contributed by atoms with Crippen LogP contribution in [0.3, 0.4) is 0 Å². The van der Waals surface area contributed by atoms with Crippen molar-refractivity contribution in [3.05, 3.63) is 18.0 Å². The quantitative estimate of drug-likeness (QED) is 0.751. The first kappa shape index (κ1) is 16.0. The maximum absolute atomic E-state index is 12.3. The van der Waals surface area contributed by atoms with Crippen LogP contribution in [0, 0.1) is 0 Å². The lowest BCUT2D eigenvalue weighted by Gasteiger charge is -2.26. The molecule has 1 aromatic rings. The molecule has 4 nitrogen and oxygen atoms in total. The van der Waals surface area contributed by atoms with E-state index in [1.54, 1.807) is 7.05 Å². The lowest BCUT2D eigenvalue weighted by Crippen LogP contribution is -2.43. The minimum atomic E-state index is -4.33. The van der Waals surface area contributed by atoms with Gasteiger partial charge >= 0.3 is 6.18 Å². The Morgan fingerprint density at radius 2 is 2.05 bits per heavy atom. The molecule has 1 atom stereocenters. The van der Waals surface area contributed by atoms with Gasteiger partial charge in [-0.2, -0.15) is 18.3 Å². The molecule has 0 aliphatic rings. The monoisotopic (exact) mass is 279 g/mol. The predicted octanol–water partition coefficient (Wildman–Crippen LogP) is 2.04. The number of aliphatic hydroxyl groups is 1. The summed E-state index contributed by atoms with van der Waals surface area (Å²) >= 11 is 0. The van der Waals surface area contributed by atoms with Gasteiger partial charge < -0.3 is 10.4 Å². The van der Waals surface area contributed by atoms with Crippen LogP contribution in [-0.2, 0) is 12.7 Å². The molecule has 0 aliphatic heterocycles. The summed E-state index contributed by atoms with van der Waals surface area (Å²) in [7, 11) is 1.78. The van der Waals surface area contributed by atoms with Gasteiger partial charge in [-0.25, -0.2) is 0 Å². The van der Waals surface area contributed by atoms with Gasteiger partial charge in [-0.1, -0.05) is 0 Å². The Kier molecular flexibility index (Phi) is 5.37. The van der Waals surface area contributed by atoms with E-state index < -0.39 is 11.7 Å². The lowest BCUT2D eigenvalue weighted by molar-refractivity contribution is -0.137. The molecule has 1 heterocycles. The van der Waals surface area contributed by atoms with Crippen LogP contribution in [0.5, 0.6) is 0 Å². The molecule has 0 spiro atoms. The number of aromatic nitrogens is 2. The zero-order valence-electron chi connectivity index (χ0n) is 11.2. The van der Waals surface area contributed by atoms with E-state index in [0.717, 1.165) is 31.7 Å². The van der Waals surface area contributed by atoms with E-state index in [4.69, 9.17) is 0 Å². The molecular weight excluding hydrogens is 259 g/mol. The smallest absolute Gasteiger partial charge is 0.394 e. The highest BCUT2D eigenvalue weighted by Gasteiger charge is 2.32. The normalized spacial score (nSPS) is 15.5. The molecule has 7 heteroatoms. The second-order valence-electron chi connectivity index (χ2n) is 4.92. The van der Waals surface area contributed by atoms with Gasteiger partial charge in [-0.05, 0) is 33.2 Å². The highest BCUT2D eigenvalue weighted by atomic mass is 19.4. The number of halogens is 3. The van der Waals surface area contributed by atoms with Crippen molar-refractivity contribution in [3.8, 4) is 0 Å². The molecule has 1 aromatic heterocycles. The van der Waals surface area contributed by atoms with Gasteiger partial charge in [0.2, 0.25) is 0 Å². The van der Waals surface area contributed by atoms with E-state index in [0.29, 0.717) is 6.54 Å². The summed E-state index contributed by atoms with van der Waals surface area (Å²) in [5, 5.41) is 15.9. The molecule has 0 saturated carbocycles. The second kappa shape index (κ2) is 6.38. The Morgan fingerprint density at radius 1 is 1.37 bits per heavy atom. The fraction of sp³-hybridized carbons (Fsp3) is 0.750. The SMILES string of the molecule is CNC(C)(CO)CCCCn1cc(C(F)(F)F)cn1. The van der Waals surface area contributed by atoms with Crippen molar-refractivity contribution in [2.24, 2.45) is 0 Å². The summed E-state index contributed by atoms with van der Waals surface area (Å²) in [6, 6.07) is 0. The molecule has 1 unspecified atom stereocenters. The van der Waals surface area contributed by atoms with Crippen LogP contribution in [-0.4, -0.2) is 34.1 Å². The lowest BCUT2D eigenvalue weighted by atomic mass is 9.96. The topological polar surface area (TPSA) is 50.1 Å². The van der Waals surface area contributed by atoms with Crippen LogP contribution in [0.15, 0.2) is 12.4 Å². The molecule has 1 rings (SSSR count). The summed E-state index contributed by atoms with van der Waals surface area (Å²) in [5.74, 6) is 0. The average Bonchev–Trinajstić information content (AvgIpc) is 2.83. The first-order valence-corrected chi connectivity index (χ1v) is 6.20. The maximum Gasteiger partial charge on any atom is 0.419 e. The number of alkyl halides is 3. The van der Waals surface area contributed by atoms with E-state index in [2.05, 4.69) is 10.4 Å². The third kappa shape index (κ3) is 4.83. The zero-order valence-corrected chi connectivity index (χ0v) is 11.2. The Balaban J connectivity index is 2.36. The van der Waals surface area contributed by atoms with E-state index in [1.165, 1.54) is 4.68 Å². The van der Waals surface area contributed by atoms with Crippen molar-refractivity contribution in [2.45, 2.75) is 44.4 Å². The van der Waals surface area contributed by atoms with E-state index >= 15 is 0 Å². The summed E-state index contributed by atoms with van der Waals surface area (Å²) in [6.45, 7) is 2.38. The summed E-state index contributed by atoms with van der Waals surface area (Å²) in [5.41, 5.74) is -1.05. The van der Waals surface area contributed by atoms with Gasteiger partial charge in [0.25, 0.3) is 0 Å².